The Balaban J connectivity index is 2.35. The van der Waals surface area contributed by atoms with E-state index in [1.165, 1.54) is 24.3 Å². The molecule has 4 unspecified atom stereocenters. The second-order valence-corrected chi connectivity index (χ2v) is 10.2. The SMILES string of the molecule is CC(C)C(N)C(=O)NC(Cc1ccc(O)cc1)C(=O)NC(Cc1ccc(O)cc1)C(=O)NC(C(=O)O)C(C)C. The molecule has 0 aromatic heterocycles. The Bertz CT molecular complexity index is 1130. The number of aromatic hydroxyl groups is 2. The van der Waals surface area contributed by atoms with Crippen LogP contribution >= 0.6 is 0 Å². The zero-order valence-electron chi connectivity index (χ0n) is 22.5. The number of carbonyl (C=O) groups is 4. The number of benzene rings is 2. The van der Waals surface area contributed by atoms with Gasteiger partial charge in [-0.15, -0.1) is 0 Å². The van der Waals surface area contributed by atoms with Crippen molar-refractivity contribution in [3.05, 3.63) is 59.7 Å². The topological polar surface area (TPSA) is 191 Å². The standard InChI is InChI=1S/C28H38N4O7/c1-15(2)23(29)27(37)31-21(13-17-5-9-19(33)10-6-17)25(35)30-22(14-18-7-11-20(34)12-8-18)26(36)32-24(16(3)4)28(38)39/h5-12,15-16,21-24,33-34H,13-14,29H2,1-4H3,(H,30,35)(H,31,37)(H,32,36)(H,38,39). The molecule has 0 bridgehead atoms. The molecule has 8 N–H and O–H groups in total. The minimum Gasteiger partial charge on any atom is -0.508 e. The molecule has 212 valence electrons. The maximum atomic E-state index is 13.5. The van der Waals surface area contributed by atoms with Crippen LogP contribution < -0.4 is 21.7 Å². The second-order valence-electron chi connectivity index (χ2n) is 10.2. The monoisotopic (exact) mass is 542 g/mol. The number of hydrogen-bond acceptors (Lipinski definition) is 7. The van der Waals surface area contributed by atoms with Crippen LogP contribution in [0, 0.1) is 11.8 Å². The first kappa shape index (κ1) is 31.1. The summed E-state index contributed by atoms with van der Waals surface area (Å²) < 4.78 is 0. The summed E-state index contributed by atoms with van der Waals surface area (Å²) >= 11 is 0. The molecule has 11 heteroatoms. The van der Waals surface area contributed by atoms with E-state index in [0.717, 1.165) is 0 Å². The smallest absolute Gasteiger partial charge is 0.326 e. The molecule has 0 radical (unpaired) electrons. The molecule has 0 saturated heterocycles. The van der Waals surface area contributed by atoms with Gasteiger partial charge in [0.2, 0.25) is 17.7 Å². The Kier molecular flexibility index (Phi) is 11.3. The molecule has 39 heavy (non-hydrogen) atoms. The van der Waals surface area contributed by atoms with Crippen molar-refractivity contribution in [2.24, 2.45) is 17.6 Å². The number of carbonyl (C=O) groups excluding carboxylic acids is 3. The lowest BCUT2D eigenvalue weighted by Crippen LogP contribution is -2.59. The summed E-state index contributed by atoms with van der Waals surface area (Å²) in [7, 11) is 0. The first-order chi connectivity index (χ1) is 18.3. The van der Waals surface area contributed by atoms with Gasteiger partial charge in [0.25, 0.3) is 0 Å². The van der Waals surface area contributed by atoms with Gasteiger partial charge in [-0.3, -0.25) is 14.4 Å². The van der Waals surface area contributed by atoms with Crippen molar-refractivity contribution >= 4 is 23.7 Å². The first-order valence-corrected chi connectivity index (χ1v) is 12.7. The Morgan fingerprint density at radius 3 is 1.41 bits per heavy atom. The van der Waals surface area contributed by atoms with Crippen LogP contribution in [0.1, 0.15) is 38.8 Å². The molecule has 0 fully saturated rings. The minimum atomic E-state index is -1.21. The Morgan fingerprint density at radius 1 is 0.667 bits per heavy atom. The molecule has 2 aromatic carbocycles. The summed E-state index contributed by atoms with van der Waals surface area (Å²) in [5.74, 6) is -3.71. The van der Waals surface area contributed by atoms with Crippen LogP contribution in [0.15, 0.2) is 48.5 Å². The molecule has 4 atom stereocenters. The van der Waals surface area contributed by atoms with Crippen LogP contribution in [0.25, 0.3) is 0 Å². The lowest BCUT2D eigenvalue weighted by Gasteiger charge is -2.26. The van der Waals surface area contributed by atoms with Crippen molar-refractivity contribution in [3.63, 3.8) is 0 Å². The maximum Gasteiger partial charge on any atom is 0.326 e. The number of carboxylic acids is 1. The number of rotatable bonds is 13. The molecular formula is C28H38N4O7. The van der Waals surface area contributed by atoms with Gasteiger partial charge in [0.1, 0.15) is 29.6 Å². The number of phenols is 2. The van der Waals surface area contributed by atoms with Gasteiger partial charge >= 0.3 is 5.97 Å². The van der Waals surface area contributed by atoms with Crippen LogP contribution in [-0.4, -0.2) is 63.2 Å². The average molecular weight is 543 g/mol. The van der Waals surface area contributed by atoms with Gasteiger partial charge in [-0.2, -0.15) is 0 Å². The largest absolute Gasteiger partial charge is 0.508 e. The fraction of sp³-hybridized carbons (Fsp3) is 0.429. The highest BCUT2D eigenvalue weighted by Gasteiger charge is 2.32. The molecule has 11 nitrogen and oxygen atoms in total. The fourth-order valence-electron chi connectivity index (χ4n) is 3.76. The van der Waals surface area contributed by atoms with Crippen molar-refractivity contribution in [1.82, 2.24) is 16.0 Å². The van der Waals surface area contributed by atoms with Gasteiger partial charge in [0.05, 0.1) is 6.04 Å². The first-order valence-electron chi connectivity index (χ1n) is 12.7. The number of carboxylic acid groups (broad SMARTS) is 1. The highest BCUT2D eigenvalue weighted by molar-refractivity contribution is 5.94. The predicted octanol–water partition coefficient (Wildman–Crippen LogP) is 1.06. The maximum absolute atomic E-state index is 13.5. The third kappa shape index (κ3) is 9.60. The van der Waals surface area contributed by atoms with Crippen LogP contribution in [-0.2, 0) is 32.0 Å². The van der Waals surface area contributed by atoms with E-state index in [1.807, 2.05) is 0 Å². The van der Waals surface area contributed by atoms with Gasteiger partial charge in [0.15, 0.2) is 0 Å². The highest BCUT2D eigenvalue weighted by Crippen LogP contribution is 2.14. The molecule has 0 spiro atoms. The predicted molar refractivity (Wildman–Crippen MR) is 145 cm³/mol. The van der Waals surface area contributed by atoms with E-state index in [-0.39, 0.29) is 30.3 Å². The van der Waals surface area contributed by atoms with Gasteiger partial charge in [0, 0.05) is 12.8 Å². The molecular weight excluding hydrogens is 504 g/mol. The van der Waals surface area contributed by atoms with Gasteiger partial charge in [-0.1, -0.05) is 52.0 Å². The number of amides is 3. The van der Waals surface area contributed by atoms with Crippen molar-refractivity contribution in [1.29, 1.82) is 0 Å². The zero-order valence-corrected chi connectivity index (χ0v) is 22.5. The van der Waals surface area contributed by atoms with Crippen molar-refractivity contribution < 1.29 is 34.5 Å². The second kappa shape index (κ2) is 14.1. The van der Waals surface area contributed by atoms with E-state index in [9.17, 15) is 34.5 Å². The van der Waals surface area contributed by atoms with Crippen LogP contribution in [0.3, 0.4) is 0 Å². The molecule has 2 rings (SSSR count). The van der Waals surface area contributed by atoms with Crippen molar-refractivity contribution in [2.75, 3.05) is 0 Å². The van der Waals surface area contributed by atoms with E-state index in [0.29, 0.717) is 11.1 Å². The number of phenolic OH excluding ortho intramolecular Hbond substituents is 2. The van der Waals surface area contributed by atoms with E-state index in [2.05, 4.69) is 16.0 Å². The van der Waals surface area contributed by atoms with Crippen LogP contribution in [0.2, 0.25) is 0 Å². The molecule has 0 saturated carbocycles. The van der Waals surface area contributed by atoms with Crippen LogP contribution in [0.5, 0.6) is 11.5 Å². The van der Waals surface area contributed by atoms with E-state index in [1.54, 1.807) is 52.0 Å². The molecule has 2 aromatic rings. The molecule has 3 amide bonds. The quantitative estimate of drug-likeness (QED) is 0.195. The Morgan fingerprint density at radius 2 is 1.05 bits per heavy atom. The third-order valence-corrected chi connectivity index (χ3v) is 6.27. The number of nitrogens with two attached hydrogens (primary N) is 1. The Labute approximate surface area is 227 Å². The summed E-state index contributed by atoms with van der Waals surface area (Å²) in [6, 6.07) is 7.75. The van der Waals surface area contributed by atoms with Crippen molar-refractivity contribution in [3.8, 4) is 11.5 Å². The summed E-state index contributed by atoms with van der Waals surface area (Å²) in [5, 5.41) is 36.5. The molecule has 0 aliphatic carbocycles. The van der Waals surface area contributed by atoms with Crippen LogP contribution in [0.4, 0.5) is 0 Å². The summed E-state index contributed by atoms with van der Waals surface area (Å²) in [6.45, 7) is 6.83. The number of aliphatic carboxylic acids is 1. The zero-order chi connectivity index (χ0) is 29.3. The van der Waals surface area contributed by atoms with Gasteiger partial charge < -0.3 is 37.0 Å². The third-order valence-electron chi connectivity index (χ3n) is 6.27. The number of nitrogens with one attached hydrogen (secondary N) is 3. The van der Waals surface area contributed by atoms with E-state index >= 15 is 0 Å². The molecule has 0 aliphatic rings. The Hall–Kier alpha value is -4.12. The minimum absolute atomic E-state index is 0.00628. The summed E-state index contributed by atoms with van der Waals surface area (Å²) in [5.41, 5.74) is 7.22. The van der Waals surface area contributed by atoms with Crippen molar-refractivity contribution in [2.45, 2.75) is 64.7 Å². The average Bonchev–Trinajstić information content (AvgIpc) is 2.87. The lowest BCUT2D eigenvalue weighted by molar-refractivity contribution is -0.143. The molecule has 0 aliphatic heterocycles. The van der Waals surface area contributed by atoms with E-state index in [4.69, 9.17) is 5.73 Å². The highest BCUT2D eigenvalue weighted by atomic mass is 16.4. The lowest BCUT2D eigenvalue weighted by atomic mass is 9.99. The summed E-state index contributed by atoms with van der Waals surface area (Å²) in [6.07, 6.45) is 0.0354. The van der Waals surface area contributed by atoms with Gasteiger partial charge in [-0.25, -0.2) is 4.79 Å². The number of hydrogen-bond donors (Lipinski definition) is 7. The normalized spacial score (nSPS) is 14.2. The van der Waals surface area contributed by atoms with E-state index < -0.39 is 53.8 Å². The summed E-state index contributed by atoms with van der Waals surface area (Å²) in [4.78, 5) is 51.2. The van der Waals surface area contributed by atoms with Gasteiger partial charge in [-0.05, 0) is 47.2 Å². The molecule has 0 heterocycles. The fourth-order valence-corrected chi connectivity index (χ4v) is 3.76.